The van der Waals surface area contributed by atoms with Gasteiger partial charge in [0, 0.05) is 0 Å². The minimum Gasteiger partial charge on any atom is -0.483 e. The smallest absolute Gasteiger partial charge is 0.290 e. The van der Waals surface area contributed by atoms with E-state index in [1.807, 2.05) is 36.4 Å². The molecule has 0 unspecified atom stereocenters. The van der Waals surface area contributed by atoms with Gasteiger partial charge in [-0.2, -0.15) is 0 Å². The molecule has 0 fully saturated rings. The zero-order valence-electron chi connectivity index (χ0n) is 6.65. The van der Waals surface area contributed by atoms with E-state index in [1.165, 1.54) is 5.56 Å². The predicted molar refractivity (Wildman–Crippen MR) is 61.0 cm³/mol. The molecular weight excluding hydrogens is 300 g/mol. The van der Waals surface area contributed by atoms with Crippen LogP contribution in [-0.4, -0.2) is 11.6 Å². The van der Waals surface area contributed by atoms with E-state index >= 15 is 0 Å². The molecule has 0 atom stereocenters. The van der Waals surface area contributed by atoms with Gasteiger partial charge in [-0.15, -0.1) is 0 Å². The summed E-state index contributed by atoms with van der Waals surface area (Å²) in [6.45, 7) is -0.250. The average Bonchev–Trinajstić information content (AvgIpc) is 2.06. The second-order valence-corrected chi connectivity index (χ2v) is 4.72. The van der Waals surface area contributed by atoms with Crippen molar-refractivity contribution in [2.24, 2.45) is 0 Å². The zero-order valence-corrected chi connectivity index (χ0v) is 9.82. The number of hydrogen-bond donors (Lipinski definition) is 1. The van der Waals surface area contributed by atoms with E-state index in [0.717, 1.165) is 3.39 Å². The molecular formula is C9H8Br2O2. The summed E-state index contributed by atoms with van der Waals surface area (Å²) in [5.41, 5.74) is 1.19. The van der Waals surface area contributed by atoms with E-state index in [1.54, 1.807) is 0 Å². The third-order valence-electron chi connectivity index (χ3n) is 1.08. The number of carboxylic acid groups (broad SMARTS) is 1. The third kappa shape index (κ3) is 7.74. The number of carbonyl (C=O) groups is 1. The highest BCUT2D eigenvalue weighted by Gasteiger charge is 1.84. The Balaban J connectivity index is 0.000000424. The largest absolute Gasteiger partial charge is 0.483 e. The molecule has 1 aromatic rings. The van der Waals surface area contributed by atoms with Crippen LogP contribution in [0.15, 0.2) is 33.7 Å². The van der Waals surface area contributed by atoms with Crippen molar-refractivity contribution in [1.82, 2.24) is 0 Å². The van der Waals surface area contributed by atoms with Crippen LogP contribution in [-0.2, 0) is 4.79 Å². The highest BCUT2D eigenvalue weighted by Crippen LogP contribution is 2.17. The normalized spacial score (nSPS) is 7.85. The van der Waals surface area contributed by atoms with Crippen molar-refractivity contribution in [3.05, 3.63) is 39.3 Å². The summed E-state index contributed by atoms with van der Waals surface area (Å²) in [4.78, 5) is 8.36. The highest BCUT2D eigenvalue weighted by atomic mass is 79.9. The molecule has 0 heterocycles. The lowest BCUT2D eigenvalue weighted by atomic mass is 10.2. The van der Waals surface area contributed by atoms with Gasteiger partial charge in [0.15, 0.2) is 0 Å². The van der Waals surface area contributed by atoms with Crippen molar-refractivity contribution in [2.75, 3.05) is 0 Å². The van der Waals surface area contributed by atoms with E-state index in [0.29, 0.717) is 0 Å². The molecule has 0 saturated heterocycles. The van der Waals surface area contributed by atoms with Gasteiger partial charge in [0.2, 0.25) is 0 Å². The minimum atomic E-state index is -0.250. The van der Waals surface area contributed by atoms with Crippen molar-refractivity contribution >= 4 is 44.4 Å². The first kappa shape index (κ1) is 12.4. The lowest BCUT2D eigenvalue weighted by molar-refractivity contribution is -0.122. The molecule has 0 amide bonds. The van der Waals surface area contributed by atoms with Crippen molar-refractivity contribution in [3.8, 4) is 0 Å². The molecule has 13 heavy (non-hydrogen) atoms. The molecule has 2 nitrogen and oxygen atoms in total. The summed E-state index contributed by atoms with van der Waals surface area (Å²) in [6, 6.07) is 10.1. The van der Waals surface area contributed by atoms with Gasteiger partial charge < -0.3 is 5.11 Å². The van der Waals surface area contributed by atoms with Gasteiger partial charge in [0.25, 0.3) is 6.47 Å². The van der Waals surface area contributed by atoms with E-state index in [9.17, 15) is 0 Å². The molecule has 70 valence electrons. The summed E-state index contributed by atoms with van der Waals surface area (Å²) in [5.74, 6) is 0. The van der Waals surface area contributed by atoms with Crippen molar-refractivity contribution in [3.63, 3.8) is 0 Å². The van der Waals surface area contributed by atoms with Crippen LogP contribution >= 0.6 is 31.9 Å². The molecule has 1 aromatic carbocycles. The van der Waals surface area contributed by atoms with Crippen molar-refractivity contribution in [2.45, 2.75) is 0 Å². The first-order valence-corrected chi connectivity index (χ1v) is 4.95. The molecule has 0 saturated carbocycles. The first-order valence-electron chi connectivity index (χ1n) is 3.36. The maximum Gasteiger partial charge on any atom is 0.290 e. The quantitative estimate of drug-likeness (QED) is 0.807. The Morgan fingerprint density at radius 2 is 1.69 bits per heavy atom. The maximum absolute atomic E-state index is 8.36. The highest BCUT2D eigenvalue weighted by molar-refractivity contribution is 9.28. The summed E-state index contributed by atoms with van der Waals surface area (Å²) >= 11 is 6.58. The molecule has 0 aliphatic carbocycles. The molecule has 1 N–H and O–H groups in total. The zero-order chi connectivity index (χ0) is 10.1. The molecule has 4 heteroatoms. The summed E-state index contributed by atoms with van der Waals surface area (Å²) in [6.07, 6.45) is 2.00. The number of benzene rings is 1. The van der Waals surface area contributed by atoms with Gasteiger partial charge in [0.05, 0.1) is 3.39 Å². The SMILES string of the molecule is BrC(Br)=Cc1ccccc1.O=CO. The predicted octanol–water partition coefficient (Wildman–Crippen LogP) is 3.48. The number of halogens is 2. The number of rotatable bonds is 1. The van der Waals surface area contributed by atoms with E-state index in [4.69, 9.17) is 9.90 Å². The average molecular weight is 308 g/mol. The lowest BCUT2D eigenvalue weighted by Crippen LogP contribution is -1.66. The molecule has 1 rings (SSSR count). The minimum absolute atomic E-state index is 0.250. The maximum atomic E-state index is 8.36. The summed E-state index contributed by atoms with van der Waals surface area (Å²) < 4.78 is 0.964. The second-order valence-electron chi connectivity index (χ2n) is 1.95. The monoisotopic (exact) mass is 306 g/mol. The fourth-order valence-corrected chi connectivity index (χ4v) is 1.20. The van der Waals surface area contributed by atoms with Gasteiger partial charge in [-0.3, -0.25) is 4.79 Å². The van der Waals surface area contributed by atoms with Gasteiger partial charge in [0.1, 0.15) is 0 Å². The molecule has 0 aliphatic rings. The fourth-order valence-electron chi connectivity index (χ4n) is 0.675. The lowest BCUT2D eigenvalue weighted by Gasteiger charge is -1.89. The summed E-state index contributed by atoms with van der Waals surface area (Å²) in [5, 5.41) is 6.89. The van der Waals surface area contributed by atoms with Crippen LogP contribution < -0.4 is 0 Å². The molecule has 0 aliphatic heterocycles. The first-order chi connectivity index (χ1) is 6.20. The van der Waals surface area contributed by atoms with Gasteiger partial charge in [-0.1, -0.05) is 30.3 Å². The Hall–Kier alpha value is -0.610. The Bertz CT molecular complexity index is 266. The van der Waals surface area contributed by atoms with Crippen LogP contribution in [0.2, 0.25) is 0 Å². The Morgan fingerprint density at radius 1 is 1.23 bits per heavy atom. The second kappa shape index (κ2) is 8.01. The van der Waals surface area contributed by atoms with Gasteiger partial charge in [-0.25, -0.2) is 0 Å². The topological polar surface area (TPSA) is 37.3 Å². The third-order valence-corrected chi connectivity index (χ3v) is 1.53. The van der Waals surface area contributed by atoms with Crippen LogP contribution in [0.4, 0.5) is 0 Å². The van der Waals surface area contributed by atoms with E-state index in [-0.39, 0.29) is 6.47 Å². The fraction of sp³-hybridized carbons (Fsp3) is 0. The standard InChI is InChI=1S/C8H6Br2.CH2O2/c9-8(10)6-7-4-2-1-3-5-7;2-1-3/h1-6H;1H,(H,2,3). The van der Waals surface area contributed by atoms with Crippen molar-refractivity contribution in [1.29, 1.82) is 0 Å². The van der Waals surface area contributed by atoms with Crippen LogP contribution in [0, 0.1) is 0 Å². The molecule has 0 spiro atoms. The van der Waals surface area contributed by atoms with Crippen LogP contribution in [0.3, 0.4) is 0 Å². The Morgan fingerprint density at radius 3 is 2.08 bits per heavy atom. The van der Waals surface area contributed by atoms with Crippen LogP contribution in [0.25, 0.3) is 6.08 Å². The van der Waals surface area contributed by atoms with Crippen molar-refractivity contribution < 1.29 is 9.90 Å². The Labute approximate surface area is 93.5 Å². The van der Waals surface area contributed by atoms with E-state index in [2.05, 4.69) is 31.9 Å². The Kier molecular flexibility index (Phi) is 7.63. The molecule has 0 radical (unpaired) electrons. The summed E-state index contributed by atoms with van der Waals surface area (Å²) in [7, 11) is 0. The molecule has 0 aromatic heterocycles. The van der Waals surface area contributed by atoms with Crippen LogP contribution in [0.5, 0.6) is 0 Å². The van der Waals surface area contributed by atoms with E-state index < -0.39 is 0 Å². The van der Waals surface area contributed by atoms with Gasteiger partial charge in [-0.05, 0) is 43.5 Å². The van der Waals surface area contributed by atoms with Crippen LogP contribution in [0.1, 0.15) is 5.56 Å². The number of hydrogen-bond acceptors (Lipinski definition) is 1. The van der Waals surface area contributed by atoms with Gasteiger partial charge >= 0.3 is 0 Å². The molecule has 0 bridgehead atoms.